The normalized spacial score (nSPS) is 16.4. The molecule has 0 aliphatic carbocycles. The molecule has 1 aromatic rings. The molecule has 250 valence electrons. The molecule has 43 heavy (non-hydrogen) atoms. The van der Waals surface area contributed by atoms with Gasteiger partial charge >= 0.3 is 23.9 Å². The second-order valence-corrected chi connectivity index (χ2v) is 17.5. The molecule has 13 heteroatoms. The predicted octanol–water partition coefficient (Wildman–Crippen LogP) is 10.5. The third kappa shape index (κ3) is 11.0. The number of hydrogen-bond donors (Lipinski definition) is 0. The minimum atomic E-state index is -6.88. The zero-order chi connectivity index (χ0) is 33.5. The van der Waals surface area contributed by atoms with Crippen molar-refractivity contribution in [2.24, 2.45) is 11.8 Å². The Morgan fingerprint density at radius 3 is 1.91 bits per heavy atom. The van der Waals surface area contributed by atoms with Crippen LogP contribution in [0.5, 0.6) is 5.75 Å². The Balaban J connectivity index is 2.47. The maximum absolute atomic E-state index is 13.6. The van der Waals surface area contributed by atoms with Gasteiger partial charge in [-0.1, -0.05) is 58.9 Å². The lowest BCUT2D eigenvalue weighted by molar-refractivity contribution is -0.396. The van der Waals surface area contributed by atoms with E-state index in [9.17, 15) is 39.5 Å². The molecule has 0 bridgehead atoms. The van der Waals surface area contributed by atoms with E-state index >= 15 is 0 Å². The number of rotatable bonds is 17. The van der Waals surface area contributed by atoms with E-state index in [1.807, 2.05) is 13.8 Å². The quantitative estimate of drug-likeness (QED) is 0.0726. The van der Waals surface area contributed by atoms with Crippen molar-refractivity contribution in [3.05, 3.63) is 42.0 Å². The zero-order valence-corrected chi connectivity index (χ0v) is 27.1. The van der Waals surface area contributed by atoms with E-state index in [1.54, 1.807) is 12.1 Å². The molecular formula is C30H45F9O3Si. The standard InChI is InChI=1S/C30H45F9O3Si/c1-21(19-42-43(7,8)26(4,5)6)11-9-12-22(2)23(3)41-20-24-13-15-25(16-14-24)40-18-10-17-27(31,32)28(33,34)29(35,36)30(37,38)39/h9,12-16,21-23H,10-11,17-20H2,1-8H3/b12-9+/t21-,22-,23-/m0/s1. The smallest absolute Gasteiger partial charge is 0.460 e. The topological polar surface area (TPSA) is 27.7 Å². The first kappa shape index (κ1) is 39.3. The Kier molecular flexibility index (Phi) is 13.7. The van der Waals surface area contributed by atoms with E-state index in [0.717, 1.165) is 12.0 Å². The molecule has 0 heterocycles. The molecule has 0 amide bonds. The molecule has 0 aromatic heterocycles. The highest BCUT2D eigenvalue weighted by atomic mass is 28.4. The Morgan fingerprint density at radius 1 is 0.837 bits per heavy atom. The Hall–Kier alpha value is -1.73. The third-order valence-corrected chi connectivity index (χ3v) is 12.3. The molecule has 1 aromatic carbocycles. The highest BCUT2D eigenvalue weighted by molar-refractivity contribution is 6.74. The van der Waals surface area contributed by atoms with Crippen molar-refractivity contribution in [1.29, 1.82) is 0 Å². The van der Waals surface area contributed by atoms with Crippen molar-refractivity contribution in [3.8, 4) is 5.75 Å². The largest absolute Gasteiger partial charge is 0.494 e. The molecule has 0 spiro atoms. The van der Waals surface area contributed by atoms with E-state index in [0.29, 0.717) is 12.5 Å². The second-order valence-electron chi connectivity index (χ2n) is 12.7. The number of allylic oxidation sites excluding steroid dienone is 1. The number of ether oxygens (including phenoxy) is 2. The predicted molar refractivity (Wildman–Crippen MR) is 152 cm³/mol. The van der Waals surface area contributed by atoms with Gasteiger partial charge in [0.25, 0.3) is 0 Å². The van der Waals surface area contributed by atoms with Crippen LogP contribution in [-0.2, 0) is 15.8 Å². The molecule has 3 atom stereocenters. The molecule has 0 radical (unpaired) electrons. The number of hydrogen-bond acceptors (Lipinski definition) is 3. The summed E-state index contributed by atoms with van der Waals surface area (Å²) in [7, 11) is -1.78. The van der Waals surface area contributed by atoms with Crippen molar-refractivity contribution in [2.45, 2.75) is 116 Å². The van der Waals surface area contributed by atoms with Crippen molar-refractivity contribution >= 4 is 8.32 Å². The zero-order valence-electron chi connectivity index (χ0n) is 26.1. The van der Waals surface area contributed by atoms with Gasteiger partial charge < -0.3 is 13.9 Å². The van der Waals surface area contributed by atoms with E-state index in [2.05, 4.69) is 52.9 Å². The van der Waals surface area contributed by atoms with E-state index in [1.165, 1.54) is 12.1 Å². The maximum Gasteiger partial charge on any atom is 0.460 e. The van der Waals surface area contributed by atoms with Gasteiger partial charge in [0.05, 0.1) is 19.3 Å². The van der Waals surface area contributed by atoms with Crippen LogP contribution >= 0.6 is 0 Å². The summed E-state index contributed by atoms with van der Waals surface area (Å²) in [5.74, 6) is -18.4. The minimum Gasteiger partial charge on any atom is -0.494 e. The first-order valence-corrected chi connectivity index (χ1v) is 17.1. The van der Waals surface area contributed by atoms with Crippen LogP contribution in [0.15, 0.2) is 36.4 Å². The molecule has 0 fully saturated rings. The van der Waals surface area contributed by atoms with Crippen molar-refractivity contribution < 1.29 is 53.4 Å². The van der Waals surface area contributed by atoms with Gasteiger partial charge in [-0.3, -0.25) is 0 Å². The fraction of sp³-hybridized carbons (Fsp3) is 0.733. The lowest BCUT2D eigenvalue weighted by Crippen LogP contribution is -2.60. The second kappa shape index (κ2) is 15.0. The monoisotopic (exact) mass is 652 g/mol. The van der Waals surface area contributed by atoms with E-state index < -0.39 is 51.7 Å². The van der Waals surface area contributed by atoms with Gasteiger partial charge in [0.2, 0.25) is 0 Å². The summed E-state index contributed by atoms with van der Waals surface area (Å²) >= 11 is 0. The average Bonchev–Trinajstić information content (AvgIpc) is 2.87. The first-order chi connectivity index (χ1) is 19.4. The molecule has 0 N–H and O–H groups in total. The van der Waals surface area contributed by atoms with Crippen LogP contribution in [0.2, 0.25) is 18.1 Å². The Labute approximate surface area is 250 Å². The first-order valence-electron chi connectivity index (χ1n) is 14.2. The van der Waals surface area contributed by atoms with Gasteiger partial charge in [-0.2, -0.15) is 39.5 Å². The highest BCUT2D eigenvalue weighted by Crippen LogP contribution is 2.54. The van der Waals surface area contributed by atoms with Crippen LogP contribution in [0.3, 0.4) is 0 Å². The maximum atomic E-state index is 13.6. The summed E-state index contributed by atoms with van der Waals surface area (Å²) in [6.07, 6.45) is -4.61. The lowest BCUT2D eigenvalue weighted by atomic mass is 10.00. The van der Waals surface area contributed by atoms with Gasteiger partial charge in [0, 0.05) is 13.0 Å². The molecule has 0 saturated carbocycles. The lowest BCUT2D eigenvalue weighted by Gasteiger charge is -2.37. The molecule has 3 nitrogen and oxygen atoms in total. The molecule has 0 aliphatic rings. The van der Waals surface area contributed by atoms with Crippen LogP contribution in [0, 0.1) is 11.8 Å². The van der Waals surface area contributed by atoms with Crippen LogP contribution in [0.4, 0.5) is 39.5 Å². The minimum absolute atomic E-state index is 0.101. The van der Waals surface area contributed by atoms with Gasteiger partial charge in [-0.25, -0.2) is 0 Å². The van der Waals surface area contributed by atoms with Crippen LogP contribution in [0.1, 0.15) is 66.4 Å². The van der Waals surface area contributed by atoms with Crippen LogP contribution in [-0.4, -0.2) is 51.6 Å². The van der Waals surface area contributed by atoms with Gasteiger partial charge in [-0.15, -0.1) is 0 Å². The fourth-order valence-corrected chi connectivity index (χ4v) is 4.56. The summed E-state index contributed by atoms with van der Waals surface area (Å²) in [4.78, 5) is 0. The third-order valence-electron chi connectivity index (χ3n) is 7.80. The molecule has 0 saturated heterocycles. The molecule has 0 unspecified atom stereocenters. The van der Waals surface area contributed by atoms with E-state index in [-0.39, 0.29) is 29.4 Å². The van der Waals surface area contributed by atoms with Crippen molar-refractivity contribution in [2.75, 3.05) is 13.2 Å². The summed E-state index contributed by atoms with van der Waals surface area (Å²) in [6.45, 7) is 17.6. The molecular weight excluding hydrogens is 607 g/mol. The molecule has 0 aliphatic heterocycles. The van der Waals surface area contributed by atoms with Gasteiger partial charge in [0.15, 0.2) is 8.32 Å². The number of benzene rings is 1. The fourth-order valence-electron chi connectivity index (χ4n) is 3.43. The summed E-state index contributed by atoms with van der Waals surface area (Å²) in [5.41, 5.74) is 0.771. The number of alkyl halides is 9. The summed E-state index contributed by atoms with van der Waals surface area (Å²) in [5, 5.41) is 0.163. The summed E-state index contributed by atoms with van der Waals surface area (Å²) in [6, 6.07) is 6.23. The van der Waals surface area contributed by atoms with Crippen LogP contribution < -0.4 is 4.74 Å². The van der Waals surface area contributed by atoms with Crippen molar-refractivity contribution in [1.82, 2.24) is 0 Å². The average molecular weight is 653 g/mol. The summed E-state index contributed by atoms with van der Waals surface area (Å²) < 4.78 is 134. The van der Waals surface area contributed by atoms with E-state index in [4.69, 9.17) is 13.9 Å². The Bertz CT molecular complexity index is 1000. The van der Waals surface area contributed by atoms with Crippen molar-refractivity contribution in [3.63, 3.8) is 0 Å². The number of halogens is 9. The Morgan fingerprint density at radius 2 is 1.40 bits per heavy atom. The SMILES string of the molecule is C[C@@H](C/C=C/[C@H](C)[C@H](C)OCc1ccc(OCCCC(F)(F)C(F)(F)C(F)(F)C(F)(F)F)cc1)CO[Si](C)(C)C(C)(C)C. The van der Waals surface area contributed by atoms with Gasteiger partial charge in [-0.05, 0) is 67.4 Å². The molecule has 1 rings (SSSR count). The van der Waals surface area contributed by atoms with Crippen LogP contribution in [0.25, 0.3) is 0 Å². The van der Waals surface area contributed by atoms with Gasteiger partial charge in [0.1, 0.15) is 5.75 Å². The highest BCUT2D eigenvalue weighted by Gasteiger charge is 2.81.